The quantitative estimate of drug-likeness (QED) is 0.319. The first-order chi connectivity index (χ1) is 13.8. The van der Waals surface area contributed by atoms with Gasteiger partial charge in [0, 0.05) is 16.6 Å². The van der Waals surface area contributed by atoms with Gasteiger partial charge >= 0.3 is 11.9 Å². The summed E-state index contributed by atoms with van der Waals surface area (Å²) in [4.78, 5) is 42.0. The van der Waals surface area contributed by atoms with E-state index < -0.39 is 54.9 Å². The highest BCUT2D eigenvalue weighted by atomic mass is 79.9. The van der Waals surface area contributed by atoms with Gasteiger partial charge in [0.2, 0.25) is 6.41 Å². The lowest BCUT2D eigenvalue weighted by Crippen LogP contribution is -2.22. The SMILES string of the molecule is Cc1cc(Br)c(N(C=O)c2c([N+](=O)[O-])cc([N+](=O)[O-])cc2C(F)(F)F)c([N+](=O)[O-])c1. The summed E-state index contributed by atoms with van der Waals surface area (Å²) in [5, 5.41) is 33.8. The molecule has 0 atom stereocenters. The lowest BCUT2D eigenvalue weighted by molar-refractivity contribution is -0.394. The first kappa shape index (κ1) is 22.7. The molecule has 158 valence electrons. The molecular formula is C15H8BrF3N4O7. The van der Waals surface area contributed by atoms with E-state index in [1.807, 2.05) is 0 Å². The Hall–Kier alpha value is -3.62. The summed E-state index contributed by atoms with van der Waals surface area (Å²) in [5.41, 5.74) is -7.22. The highest BCUT2D eigenvalue weighted by molar-refractivity contribution is 9.10. The molecule has 0 N–H and O–H groups in total. The zero-order valence-electron chi connectivity index (χ0n) is 14.5. The van der Waals surface area contributed by atoms with Gasteiger partial charge < -0.3 is 0 Å². The molecule has 2 aromatic rings. The van der Waals surface area contributed by atoms with E-state index in [2.05, 4.69) is 15.9 Å². The minimum Gasteiger partial charge on any atom is -0.278 e. The fourth-order valence-corrected chi connectivity index (χ4v) is 3.38. The number of non-ortho nitro benzene ring substituents is 1. The largest absolute Gasteiger partial charge is 0.418 e. The van der Waals surface area contributed by atoms with Crippen LogP contribution in [0.15, 0.2) is 28.7 Å². The molecule has 2 aromatic carbocycles. The molecule has 0 heterocycles. The lowest BCUT2D eigenvalue weighted by Gasteiger charge is -2.22. The maximum Gasteiger partial charge on any atom is 0.418 e. The molecule has 0 saturated heterocycles. The third-order valence-corrected chi connectivity index (χ3v) is 4.36. The number of hydrogen-bond donors (Lipinski definition) is 0. The van der Waals surface area contributed by atoms with Gasteiger partial charge in [-0.1, -0.05) is 0 Å². The number of aryl methyl sites for hydroxylation is 1. The summed E-state index contributed by atoms with van der Waals surface area (Å²) in [6.45, 7) is 1.43. The van der Waals surface area contributed by atoms with Crippen LogP contribution in [0, 0.1) is 37.3 Å². The van der Waals surface area contributed by atoms with E-state index in [0.717, 1.165) is 6.07 Å². The molecule has 0 aliphatic rings. The molecule has 15 heteroatoms. The number of rotatable bonds is 6. The molecule has 0 spiro atoms. The first-order valence-corrected chi connectivity index (χ1v) is 8.32. The van der Waals surface area contributed by atoms with Gasteiger partial charge in [-0.2, -0.15) is 13.2 Å². The van der Waals surface area contributed by atoms with Crippen molar-refractivity contribution >= 4 is 50.8 Å². The third-order valence-electron chi connectivity index (χ3n) is 3.76. The topological polar surface area (TPSA) is 150 Å². The van der Waals surface area contributed by atoms with Gasteiger partial charge in [-0.25, -0.2) is 0 Å². The monoisotopic (exact) mass is 492 g/mol. The van der Waals surface area contributed by atoms with Crippen LogP contribution >= 0.6 is 15.9 Å². The Balaban J connectivity index is 3.05. The number of alkyl halides is 3. The first-order valence-electron chi connectivity index (χ1n) is 7.52. The van der Waals surface area contributed by atoms with E-state index in [1.54, 1.807) is 0 Å². The highest BCUT2D eigenvalue weighted by Gasteiger charge is 2.43. The number of nitro groups is 3. The van der Waals surface area contributed by atoms with Gasteiger partial charge in [-0.15, -0.1) is 0 Å². The van der Waals surface area contributed by atoms with Crippen LogP contribution in [-0.2, 0) is 11.0 Å². The normalized spacial score (nSPS) is 11.1. The number of anilines is 2. The Morgan fingerprint density at radius 1 is 0.933 bits per heavy atom. The van der Waals surface area contributed by atoms with Crippen molar-refractivity contribution in [3.8, 4) is 0 Å². The minimum absolute atomic E-state index is 0.00671. The van der Waals surface area contributed by atoms with E-state index in [0.29, 0.717) is 5.56 Å². The van der Waals surface area contributed by atoms with Crippen LogP contribution in [0.5, 0.6) is 0 Å². The van der Waals surface area contributed by atoms with Crippen molar-refractivity contribution in [3.63, 3.8) is 0 Å². The molecule has 1 amide bonds. The Labute approximate surface area is 172 Å². The molecule has 0 bridgehead atoms. The van der Waals surface area contributed by atoms with Gasteiger partial charge in [0.15, 0.2) is 0 Å². The number of benzene rings is 2. The van der Waals surface area contributed by atoms with Crippen LogP contribution < -0.4 is 4.90 Å². The standard InChI is InChI=1S/C15H8BrF3N4O7/c1-7-2-10(16)14(11(3-7)22(27)28)20(6-24)13-9(15(17,18)19)4-8(21(25)26)5-12(13)23(29)30/h2-6H,1H3. The van der Waals surface area contributed by atoms with Crippen molar-refractivity contribution in [2.45, 2.75) is 13.1 Å². The summed E-state index contributed by atoms with van der Waals surface area (Å²) in [6, 6.07) is 2.42. The number of carbonyl (C=O) groups is 1. The summed E-state index contributed by atoms with van der Waals surface area (Å²) in [5.74, 6) is 0. The number of hydrogen-bond acceptors (Lipinski definition) is 7. The van der Waals surface area contributed by atoms with Crippen LogP contribution in [0.3, 0.4) is 0 Å². The molecule has 2 rings (SSSR count). The van der Waals surface area contributed by atoms with E-state index in [4.69, 9.17) is 0 Å². The number of amides is 1. The fraction of sp³-hybridized carbons (Fsp3) is 0.133. The van der Waals surface area contributed by atoms with Crippen molar-refractivity contribution in [3.05, 3.63) is 70.2 Å². The molecule has 0 fully saturated rings. The Bertz CT molecular complexity index is 1090. The zero-order valence-corrected chi connectivity index (χ0v) is 16.1. The molecule has 0 saturated carbocycles. The summed E-state index contributed by atoms with van der Waals surface area (Å²) in [6.07, 6.45) is -5.66. The smallest absolute Gasteiger partial charge is 0.278 e. The summed E-state index contributed by atoms with van der Waals surface area (Å²) < 4.78 is 40.7. The van der Waals surface area contributed by atoms with Crippen LogP contribution in [-0.4, -0.2) is 21.2 Å². The summed E-state index contributed by atoms with van der Waals surface area (Å²) >= 11 is 2.91. The van der Waals surface area contributed by atoms with Gasteiger partial charge in [0.25, 0.3) is 11.4 Å². The lowest BCUT2D eigenvalue weighted by atomic mass is 10.1. The second-order valence-electron chi connectivity index (χ2n) is 5.72. The molecule has 0 aliphatic carbocycles. The number of carbonyl (C=O) groups excluding carboxylic acids is 1. The van der Waals surface area contributed by atoms with Gasteiger partial charge in [0.1, 0.15) is 11.4 Å². The Morgan fingerprint density at radius 3 is 1.90 bits per heavy atom. The molecular weight excluding hydrogens is 485 g/mol. The van der Waals surface area contributed by atoms with Crippen molar-refractivity contribution in [2.75, 3.05) is 4.90 Å². The van der Waals surface area contributed by atoms with Gasteiger partial charge in [-0.3, -0.25) is 40.0 Å². The third kappa shape index (κ3) is 4.19. The zero-order chi connectivity index (χ0) is 23.0. The molecule has 11 nitrogen and oxygen atoms in total. The van der Waals surface area contributed by atoms with Crippen LogP contribution in [0.4, 0.5) is 41.6 Å². The summed E-state index contributed by atoms with van der Waals surface area (Å²) in [7, 11) is 0. The molecule has 30 heavy (non-hydrogen) atoms. The van der Waals surface area contributed by atoms with Gasteiger partial charge in [0.05, 0.1) is 26.4 Å². The minimum atomic E-state index is -5.38. The fourth-order valence-electron chi connectivity index (χ4n) is 2.63. The predicted octanol–water partition coefficient (Wildman–Crippen LogP) is 4.80. The van der Waals surface area contributed by atoms with Crippen molar-refractivity contribution in [1.29, 1.82) is 0 Å². The number of nitrogens with zero attached hydrogens (tertiary/aromatic N) is 4. The van der Waals surface area contributed by atoms with Crippen LogP contribution in [0.2, 0.25) is 0 Å². The van der Waals surface area contributed by atoms with Crippen LogP contribution in [0.1, 0.15) is 11.1 Å². The number of nitro benzene ring substituents is 3. The average molecular weight is 493 g/mol. The van der Waals surface area contributed by atoms with Crippen LogP contribution in [0.25, 0.3) is 0 Å². The second kappa shape index (κ2) is 8.02. The maximum atomic E-state index is 13.6. The highest BCUT2D eigenvalue weighted by Crippen LogP contribution is 2.49. The van der Waals surface area contributed by atoms with E-state index in [1.165, 1.54) is 13.0 Å². The van der Waals surface area contributed by atoms with E-state index >= 15 is 0 Å². The molecule has 0 radical (unpaired) electrons. The van der Waals surface area contributed by atoms with Crippen molar-refractivity contribution in [2.24, 2.45) is 0 Å². The number of halogens is 4. The van der Waals surface area contributed by atoms with E-state index in [9.17, 15) is 48.3 Å². The van der Waals surface area contributed by atoms with Crippen molar-refractivity contribution in [1.82, 2.24) is 0 Å². The molecule has 0 aliphatic heterocycles. The van der Waals surface area contributed by atoms with Crippen molar-refractivity contribution < 1.29 is 32.7 Å². The average Bonchev–Trinajstić information content (AvgIpc) is 2.61. The second-order valence-corrected chi connectivity index (χ2v) is 6.57. The molecule has 0 aromatic heterocycles. The Kier molecular flexibility index (Phi) is 6.06. The predicted molar refractivity (Wildman–Crippen MR) is 98.5 cm³/mol. The Morgan fingerprint density at radius 2 is 1.47 bits per heavy atom. The molecule has 0 unspecified atom stereocenters. The van der Waals surface area contributed by atoms with E-state index in [-0.39, 0.29) is 27.9 Å². The van der Waals surface area contributed by atoms with Gasteiger partial charge in [-0.05, 0) is 34.5 Å². The maximum absolute atomic E-state index is 13.6.